The maximum Gasteiger partial charge on any atom is 0.338 e. The van der Waals surface area contributed by atoms with Crippen LogP contribution in [0.3, 0.4) is 0 Å². The SMILES string of the molecule is COc1ccc(Cl)cc1COC(=O)c1ccc(OC)c(S(=O)(=O)N2CCCC2)c1. The van der Waals surface area contributed by atoms with Gasteiger partial charge < -0.3 is 14.2 Å². The minimum Gasteiger partial charge on any atom is -0.496 e. The van der Waals surface area contributed by atoms with E-state index >= 15 is 0 Å². The van der Waals surface area contributed by atoms with E-state index in [1.165, 1.54) is 36.7 Å². The molecule has 3 rings (SSSR count). The molecule has 1 fully saturated rings. The lowest BCUT2D eigenvalue weighted by molar-refractivity contribution is 0.0470. The van der Waals surface area contributed by atoms with Gasteiger partial charge in [-0.2, -0.15) is 4.31 Å². The van der Waals surface area contributed by atoms with Crippen LogP contribution in [0.15, 0.2) is 41.3 Å². The molecular formula is C20H22ClNO6S. The number of ether oxygens (including phenoxy) is 3. The number of nitrogens with zero attached hydrogens (tertiary/aromatic N) is 1. The van der Waals surface area contributed by atoms with Gasteiger partial charge in [0.05, 0.1) is 19.8 Å². The van der Waals surface area contributed by atoms with E-state index in [0.717, 1.165) is 12.8 Å². The standard InChI is InChI=1S/C20H22ClNO6S/c1-26-17-8-6-16(21)11-15(17)13-28-20(23)14-5-7-18(27-2)19(12-14)29(24,25)22-9-3-4-10-22/h5-8,11-12H,3-4,9-10,13H2,1-2H3. The highest BCUT2D eigenvalue weighted by atomic mass is 35.5. The van der Waals surface area contributed by atoms with E-state index in [2.05, 4.69) is 0 Å². The molecule has 0 amide bonds. The monoisotopic (exact) mass is 439 g/mol. The van der Waals surface area contributed by atoms with E-state index in [1.54, 1.807) is 18.2 Å². The van der Waals surface area contributed by atoms with Gasteiger partial charge in [0.1, 0.15) is 23.0 Å². The molecular weight excluding hydrogens is 418 g/mol. The first-order valence-corrected chi connectivity index (χ1v) is 10.9. The fraction of sp³-hybridized carbons (Fsp3) is 0.350. The Bertz CT molecular complexity index is 1000. The molecule has 1 heterocycles. The third kappa shape index (κ3) is 4.66. The van der Waals surface area contributed by atoms with E-state index in [1.807, 2.05) is 0 Å². The predicted molar refractivity (Wildman–Crippen MR) is 108 cm³/mol. The summed E-state index contributed by atoms with van der Waals surface area (Å²) in [6.45, 7) is 0.840. The summed E-state index contributed by atoms with van der Waals surface area (Å²) in [5.41, 5.74) is 0.719. The van der Waals surface area contributed by atoms with Gasteiger partial charge in [0.2, 0.25) is 10.0 Å². The fourth-order valence-corrected chi connectivity index (χ4v) is 5.05. The minimum atomic E-state index is -3.76. The number of benzene rings is 2. The van der Waals surface area contributed by atoms with Crippen LogP contribution in [-0.2, 0) is 21.4 Å². The zero-order valence-corrected chi connectivity index (χ0v) is 17.8. The highest BCUT2D eigenvalue weighted by molar-refractivity contribution is 7.89. The highest BCUT2D eigenvalue weighted by Crippen LogP contribution is 2.30. The van der Waals surface area contributed by atoms with Gasteiger partial charge >= 0.3 is 5.97 Å². The number of methoxy groups -OCH3 is 2. The van der Waals surface area contributed by atoms with Gasteiger partial charge in [-0.25, -0.2) is 13.2 Å². The van der Waals surface area contributed by atoms with Crippen molar-refractivity contribution < 1.29 is 27.4 Å². The first-order chi connectivity index (χ1) is 13.9. The summed E-state index contributed by atoms with van der Waals surface area (Å²) in [5, 5.41) is 0.486. The second-order valence-corrected chi connectivity index (χ2v) is 8.85. The van der Waals surface area contributed by atoms with E-state index in [0.29, 0.717) is 29.4 Å². The van der Waals surface area contributed by atoms with Gasteiger partial charge in [-0.05, 0) is 49.2 Å². The average molecular weight is 440 g/mol. The van der Waals surface area contributed by atoms with Crippen LogP contribution >= 0.6 is 11.6 Å². The van der Waals surface area contributed by atoms with Crippen molar-refractivity contribution in [3.8, 4) is 11.5 Å². The Morgan fingerprint density at radius 1 is 1.03 bits per heavy atom. The van der Waals surface area contributed by atoms with Crippen molar-refractivity contribution in [2.75, 3.05) is 27.3 Å². The molecule has 0 atom stereocenters. The van der Waals surface area contributed by atoms with Crippen LogP contribution in [-0.4, -0.2) is 46.0 Å². The molecule has 0 saturated carbocycles. The second kappa shape index (κ2) is 9.02. The molecule has 156 valence electrons. The molecule has 0 unspecified atom stereocenters. The second-order valence-electron chi connectivity index (χ2n) is 6.51. The van der Waals surface area contributed by atoms with Gasteiger partial charge in [-0.1, -0.05) is 11.6 Å². The number of carbonyl (C=O) groups excluding carboxylic acids is 1. The predicted octanol–water partition coefficient (Wildman–Crippen LogP) is 3.50. The lowest BCUT2D eigenvalue weighted by Crippen LogP contribution is -2.28. The van der Waals surface area contributed by atoms with Gasteiger partial charge in [-0.3, -0.25) is 0 Å². The van der Waals surface area contributed by atoms with Gasteiger partial charge in [-0.15, -0.1) is 0 Å². The van der Waals surface area contributed by atoms with Crippen LogP contribution in [0.4, 0.5) is 0 Å². The zero-order valence-electron chi connectivity index (χ0n) is 16.2. The van der Waals surface area contributed by atoms with Crippen molar-refractivity contribution in [1.29, 1.82) is 0 Å². The molecule has 1 aliphatic rings. The number of carbonyl (C=O) groups is 1. The van der Waals surface area contributed by atoms with Crippen molar-refractivity contribution in [1.82, 2.24) is 4.31 Å². The average Bonchev–Trinajstić information content (AvgIpc) is 3.27. The Morgan fingerprint density at radius 2 is 1.69 bits per heavy atom. The third-order valence-corrected chi connectivity index (χ3v) is 6.84. The van der Waals surface area contributed by atoms with Crippen LogP contribution in [0, 0.1) is 0 Å². The number of sulfonamides is 1. The third-order valence-electron chi connectivity index (χ3n) is 4.68. The van der Waals surface area contributed by atoms with E-state index in [-0.39, 0.29) is 22.8 Å². The minimum absolute atomic E-state index is 0.0447. The van der Waals surface area contributed by atoms with Crippen molar-refractivity contribution in [2.45, 2.75) is 24.3 Å². The Morgan fingerprint density at radius 3 is 2.34 bits per heavy atom. The molecule has 1 saturated heterocycles. The summed E-state index contributed by atoms with van der Waals surface area (Å²) in [7, 11) is -0.860. The Kier molecular flexibility index (Phi) is 6.66. The summed E-state index contributed by atoms with van der Waals surface area (Å²) < 4.78 is 43.1. The highest BCUT2D eigenvalue weighted by Gasteiger charge is 2.30. The quantitative estimate of drug-likeness (QED) is 0.614. The van der Waals surface area contributed by atoms with Crippen LogP contribution in [0.5, 0.6) is 11.5 Å². The van der Waals surface area contributed by atoms with E-state index < -0.39 is 16.0 Å². The van der Waals surface area contributed by atoms with E-state index in [4.69, 9.17) is 25.8 Å². The number of halogens is 1. The fourth-order valence-electron chi connectivity index (χ4n) is 3.16. The van der Waals surface area contributed by atoms with Crippen molar-refractivity contribution in [2.24, 2.45) is 0 Å². The number of hydrogen-bond donors (Lipinski definition) is 0. The van der Waals surface area contributed by atoms with Gasteiger partial charge in [0, 0.05) is 23.7 Å². The van der Waals surface area contributed by atoms with E-state index in [9.17, 15) is 13.2 Å². The molecule has 29 heavy (non-hydrogen) atoms. The lowest BCUT2D eigenvalue weighted by Gasteiger charge is -2.18. The normalized spacial score (nSPS) is 14.6. The molecule has 9 heteroatoms. The van der Waals surface area contributed by atoms with Gasteiger partial charge in [0.25, 0.3) is 0 Å². The van der Waals surface area contributed by atoms with Gasteiger partial charge in [0.15, 0.2) is 0 Å². The summed E-state index contributed by atoms with van der Waals surface area (Å²) in [6.07, 6.45) is 1.62. The lowest BCUT2D eigenvalue weighted by atomic mass is 10.2. The topological polar surface area (TPSA) is 82.1 Å². The van der Waals surface area contributed by atoms with Crippen LogP contribution < -0.4 is 9.47 Å². The Balaban J connectivity index is 1.84. The zero-order chi connectivity index (χ0) is 21.0. The largest absolute Gasteiger partial charge is 0.496 e. The first-order valence-electron chi connectivity index (χ1n) is 9.04. The molecule has 2 aromatic rings. The van der Waals surface area contributed by atoms with Crippen molar-refractivity contribution in [3.05, 3.63) is 52.5 Å². The summed E-state index contributed by atoms with van der Waals surface area (Å²) in [4.78, 5) is 12.5. The number of hydrogen-bond acceptors (Lipinski definition) is 6. The molecule has 0 radical (unpaired) electrons. The Labute approximate surface area is 175 Å². The maximum absolute atomic E-state index is 13.0. The molecule has 1 aliphatic heterocycles. The molecule has 7 nitrogen and oxygen atoms in total. The Hall–Kier alpha value is -2.29. The summed E-state index contributed by atoms with van der Waals surface area (Å²) in [6, 6.07) is 9.22. The smallest absolute Gasteiger partial charge is 0.338 e. The molecule has 0 aliphatic carbocycles. The number of esters is 1. The first kappa shape index (κ1) is 21.4. The molecule has 0 bridgehead atoms. The summed E-state index contributed by atoms with van der Waals surface area (Å²) in [5.74, 6) is 0.0618. The van der Waals surface area contributed by atoms with Crippen molar-refractivity contribution in [3.63, 3.8) is 0 Å². The van der Waals surface area contributed by atoms with Crippen LogP contribution in [0.25, 0.3) is 0 Å². The van der Waals surface area contributed by atoms with Crippen LogP contribution in [0.1, 0.15) is 28.8 Å². The molecule has 2 aromatic carbocycles. The molecule has 0 N–H and O–H groups in total. The number of rotatable bonds is 7. The van der Waals surface area contributed by atoms with Crippen LogP contribution in [0.2, 0.25) is 5.02 Å². The van der Waals surface area contributed by atoms with Crippen molar-refractivity contribution >= 4 is 27.6 Å². The summed E-state index contributed by atoms with van der Waals surface area (Å²) >= 11 is 5.99. The molecule has 0 spiro atoms. The molecule has 0 aromatic heterocycles. The maximum atomic E-state index is 13.0.